The first-order valence-corrected chi connectivity index (χ1v) is 14.1. The zero-order valence-corrected chi connectivity index (χ0v) is 19.2. The summed E-state index contributed by atoms with van der Waals surface area (Å²) in [6.45, 7) is 19.7. The molecule has 0 heterocycles. The monoisotopic (exact) mass is 362 g/mol. The maximum atomic E-state index is 2.51. The maximum absolute atomic E-state index is 2.51. The smallest absolute Gasteiger partial charge is 0.0632 e. The van der Waals surface area contributed by atoms with Crippen LogP contribution in [0.25, 0.3) is 0 Å². The van der Waals surface area contributed by atoms with Gasteiger partial charge in [-0.25, -0.2) is 0 Å². The van der Waals surface area contributed by atoms with Crippen molar-refractivity contribution >= 4 is 31.6 Å². The first kappa shape index (κ1) is 22.9. The molecule has 0 fully saturated rings. The standard InChI is InChI=1S/C19H42S2Si/c1-9-11-13-20-19(21-14-12-10-2)15-22(16(3)4,17(5)6)18(7)8/h16-19H,9-15H2,1-8H3. The van der Waals surface area contributed by atoms with Gasteiger partial charge in [0.05, 0.1) is 8.07 Å². The zero-order chi connectivity index (χ0) is 17.2. The Bertz CT molecular complexity index is 232. The Morgan fingerprint density at radius 2 is 1.05 bits per heavy atom. The molecule has 22 heavy (non-hydrogen) atoms. The van der Waals surface area contributed by atoms with Gasteiger partial charge in [-0.15, -0.1) is 23.5 Å². The molecule has 0 aliphatic rings. The molecule has 0 spiro atoms. The molecule has 134 valence electrons. The summed E-state index contributed by atoms with van der Waals surface area (Å²) in [5, 5.41) is 0. The number of rotatable bonds is 13. The second-order valence-corrected chi connectivity index (χ2v) is 16.7. The van der Waals surface area contributed by atoms with Crippen LogP contribution in [0.5, 0.6) is 0 Å². The fourth-order valence-electron chi connectivity index (χ4n) is 3.88. The molecule has 0 aliphatic carbocycles. The van der Waals surface area contributed by atoms with Crippen LogP contribution in [0.1, 0.15) is 81.1 Å². The van der Waals surface area contributed by atoms with E-state index in [9.17, 15) is 0 Å². The second-order valence-electron chi connectivity index (χ2n) is 7.66. The first-order valence-electron chi connectivity index (χ1n) is 9.55. The van der Waals surface area contributed by atoms with E-state index in [-0.39, 0.29) is 0 Å². The van der Waals surface area contributed by atoms with Crippen molar-refractivity contribution < 1.29 is 0 Å². The lowest BCUT2D eigenvalue weighted by Crippen LogP contribution is -2.46. The van der Waals surface area contributed by atoms with E-state index in [2.05, 4.69) is 78.9 Å². The normalized spacial score (nSPS) is 13.1. The summed E-state index contributed by atoms with van der Waals surface area (Å²) >= 11 is 4.55. The highest BCUT2D eigenvalue weighted by Crippen LogP contribution is 2.48. The lowest BCUT2D eigenvalue weighted by atomic mass is 10.4. The Labute approximate surface area is 151 Å². The molecule has 0 aromatic carbocycles. The molecule has 0 aromatic heterocycles. The molecule has 0 radical (unpaired) electrons. The predicted molar refractivity (Wildman–Crippen MR) is 114 cm³/mol. The van der Waals surface area contributed by atoms with E-state index >= 15 is 0 Å². The number of unbranched alkanes of at least 4 members (excludes halogenated alkanes) is 2. The van der Waals surface area contributed by atoms with Gasteiger partial charge in [0, 0.05) is 4.58 Å². The van der Waals surface area contributed by atoms with E-state index in [0.717, 1.165) is 21.2 Å². The number of thioether (sulfide) groups is 2. The van der Waals surface area contributed by atoms with Gasteiger partial charge >= 0.3 is 0 Å². The minimum absolute atomic E-state index is 0.844. The lowest BCUT2D eigenvalue weighted by Gasteiger charge is -2.45. The van der Waals surface area contributed by atoms with Gasteiger partial charge in [0.15, 0.2) is 0 Å². The third-order valence-electron chi connectivity index (χ3n) is 5.35. The Morgan fingerprint density at radius 3 is 1.32 bits per heavy atom. The highest BCUT2D eigenvalue weighted by atomic mass is 32.2. The molecule has 0 unspecified atom stereocenters. The topological polar surface area (TPSA) is 0 Å². The van der Waals surface area contributed by atoms with E-state index in [1.165, 1.54) is 43.2 Å². The van der Waals surface area contributed by atoms with Gasteiger partial charge in [-0.05, 0) is 30.4 Å². The highest BCUT2D eigenvalue weighted by molar-refractivity contribution is 8.17. The van der Waals surface area contributed by atoms with Crippen LogP contribution >= 0.6 is 23.5 Å². The molecule has 0 N–H and O–H groups in total. The summed E-state index contributed by atoms with van der Waals surface area (Å²) in [5.74, 6) is 2.72. The Hall–Kier alpha value is 0.917. The van der Waals surface area contributed by atoms with Crippen molar-refractivity contribution in [2.45, 2.75) is 108 Å². The number of hydrogen-bond acceptors (Lipinski definition) is 2. The zero-order valence-electron chi connectivity index (χ0n) is 16.6. The molecule has 0 rings (SSSR count). The first-order chi connectivity index (χ1) is 10.3. The van der Waals surface area contributed by atoms with E-state index in [1.807, 2.05) is 0 Å². The van der Waals surface area contributed by atoms with Crippen molar-refractivity contribution in [2.24, 2.45) is 0 Å². The van der Waals surface area contributed by atoms with Crippen LogP contribution in [0.15, 0.2) is 0 Å². The summed E-state index contributed by atoms with van der Waals surface area (Å²) in [7, 11) is -1.25. The minimum atomic E-state index is -1.25. The fraction of sp³-hybridized carbons (Fsp3) is 1.00. The SMILES string of the molecule is CCCCSC(C[Si](C(C)C)(C(C)C)C(C)C)SCCCC. The van der Waals surface area contributed by atoms with Crippen LogP contribution in [-0.4, -0.2) is 24.2 Å². The molecule has 0 aromatic rings. The van der Waals surface area contributed by atoms with E-state index in [4.69, 9.17) is 0 Å². The van der Waals surface area contributed by atoms with E-state index in [0.29, 0.717) is 0 Å². The maximum Gasteiger partial charge on any atom is 0.0632 e. The molecule has 0 saturated heterocycles. The molecule has 0 saturated carbocycles. The second kappa shape index (κ2) is 12.3. The fourth-order valence-corrected chi connectivity index (χ4v) is 14.9. The molecular formula is C19H42S2Si. The quantitative estimate of drug-likeness (QED) is 0.184. The van der Waals surface area contributed by atoms with Gasteiger partial charge in [-0.2, -0.15) is 0 Å². The molecule has 0 atom stereocenters. The van der Waals surface area contributed by atoms with Crippen LogP contribution in [0.3, 0.4) is 0 Å². The average molecular weight is 363 g/mol. The van der Waals surface area contributed by atoms with E-state index < -0.39 is 8.07 Å². The molecule has 0 nitrogen and oxygen atoms in total. The predicted octanol–water partition coefficient (Wildman–Crippen LogP) is 8.06. The van der Waals surface area contributed by atoms with Crippen LogP contribution in [0.4, 0.5) is 0 Å². The Balaban J connectivity index is 4.99. The molecule has 0 bridgehead atoms. The van der Waals surface area contributed by atoms with Crippen molar-refractivity contribution in [3.05, 3.63) is 0 Å². The van der Waals surface area contributed by atoms with Gasteiger partial charge in [-0.1, -0.05) is 84.9 Å². The van der Waals surface area contributed by atoms with Crippen molar-refractivity contribution in [1.82, 2.24) is 0 Å². The van der Waals surface area contributed by atoms with Crippen molar-refractivity contribution in [3.8, 4) is 0 Å². The summed E-state index contributed by atoms with van der Waals surface area (Å²) in [5.41, 5.74) is 2.69. The van der Waals surface area contributed by atoms with Gasteiger partial charge in [0.25, 0.3) is 0 Å². The van der Waals surface area contributed by atoms with Gasteiger partial charge in [0.1, 0.15) is 0 Å². The molecule has 0 amide bonds. The summed E-state index contributed by atoms with van der Waals surface area (Å²) in [6.07, 6.45) is 5.44. The third kappa shape index (κ3) is 7.21. The Kier molecular flexibility index (Phi) is 12.8. The van der Waals surface area contributed by atoms with Crippen molar-refractivity contribution in [3.63, 3.8) is 0 Å². The van der Waals surface area contributed by atoms with Gasteiger partial charge in [-0.3, -0.25) is 0 Å². The summed E-state index contributed by atoms with van der Waals surface area (Å²) in [4.78, 5) is 0. The summed E-state index contributed by atoms with van der Waals surface area (Å²) in [6, 6.07) is 1.52. The van der Waals surface area contributed by atoms with Crippen LogP contribution < -0.4 is 0 Å². The van der Waals surface area contributed by atoms with Crippen LogP contribution in [0, 0.1) is 0 Å². The van der Waals surface area contributed by atoms with E-state index in [1.54, 1.807) is 0 Å². The highest BCUT2D eigenvalue weighted by Gasteiger charge is 2.43. The van der Waals surface area contributed by atoms with Gasteiger partial charge < -0.3 is 0 Å². The van der Waals surface area contributed by atoms with Crippen LogP contribution in [-0.2, 0) is 0 Å². The molecule has 3 heteroatoms. The summed E-state index contributed by atoms with van der Waals surface area (Å²) < 4.78 is 0.844. The molecule has 0 aliphatic heterocycles. The number of hydrogen-bond donors (Lipinski definition) is 0. The van der Waals surface area contributed by atoms with Gasteiger partial charge in [0.2, 0.25) is 0 Å². The van der Waals surface area contributed by atoms with Crippen molar-refractivity contribution in [1.29, 1.82) is 0 Å². The minimum Gasteiger partial charge on any atom is -0.148 e. The third-order valence-corrected chi connectivity index (χ3v) is 16.4. The van der Waals surface area contributed by atoms with Crippen LogP contribution in [0.2, 0.25) is 22.7 Å². The Morgan fingerprint density at radius 1 is 0.682 bits per heavy atom. The lowest BCUT2D eigenvalue weighted by molar-refractivity contribution is 0.800. The average Bonchev–Trinajstić information content (AvgIpc) is 2.43. The largest absolute Gasteiger partial charge is 0.148 e. The van der Waals surface area contributed by atoms with Crippen molar-refractivity contribution in [2.75, 3.05) is 11.5 Å². The molecular weight excluding hydrogens is 320 g/mol.